The molecule has 3 aromatic rings. The van der Waals surface area contributed by atoms with Crippen molar-refractivity contribution in [3.05, 3.63) is 106 Å². The molecule has 0 saturated carbocycles. The second-order valence-electron chi connectivity index (χ2n) is 5.93. The average Bonchev–Trinajstić information content (AvgIpc) is 2.75. The molecule has 3 rings (SSSR count). The molecule has 28 heavy (non-hydrogen) atoms. The average molecular weight is 437 g/mol. The monoisotopic (exact) mass is 436 g/mol. The summed E-state index contributed by atoms with van der Waals surface area (Å²) in [6.45, 7) is 0. The van der Waals surface area contributed by atoms with E-state index >= 15 is 0 Å². The highest BCUT2D eigenvalue weighted by Gasteiger charge is 2.30. The predicted molar refractivity (Wildman–Crippen MR) is 111 cm³/mol. The molecule has 1 unspecified atom stereocenters. The summed E-state index contributed by atoms with van der Waals surface area (Å²) in [6, 6.07) is 20.2. The first-order valence-corrected chi connectivity index (χ1v) is 9.29. The number of aliphatic hydroxyl groups excluding tert-OH is 1. The molecule has 1 amide bonds. The molecule has 1 heterocycles. The van der Waals surface area contributed by atoms with E-state index in [0.717, 1.165) is 10.7 Å². The molecule has 140 valence electrons. The zero-order chi connectivity index (χ0) is 19.9. The summed E-state index contributed by atoms with van der Waals surface area (Å²) >= 11 is 3.34. The molecule has 0 aliphatic carbocycles. The van der Waals surface area contributed by atoms with Crippen molar-refractivity contribution in [3.63, 3.8) is 0 Å². The highest BCUT2D eigenvalue weighted by atomic mass is 79.9. The Morgan fingerprint density at radius 2 is 1.68 bits per heavy atom. The van der Waals surface area contributed by atoms with E-state index in [0.29, 0.717) is 23.4 Å². The Hall–Kier alpha value is -3.25. The Bertz CT molecular complexity index is 974. The quantitative estimate of drug-likeness (QED) is 0.248. The van der Waals surface area contributed by atoms with Gasteiger partial charge in [-0.3, -0.25) is 14.5 Å². The third-order valence-corrected chi connectivity index (χ3v) is 4.75. The van der Waals surface area contributed by atoms with Gasteiger partial charge in [-0.15, -0.1) is 0 Å². The van der Waals surface area contributed by atoms with Crippen LogP contribution in [-0.4, -0.2) is 22.3 Å². The summed E-state index contributed by atoms with van der Waals surface area (Å²) in [7, 11) is 0. The normalized spacial score (nSPS) is 12.2. The second kappa shape index (κ2) is 9.10. The van der Waals surface area contributed by atoms with Crippen molar-refractivity contribution >= 4 is 33.9 Å². The predicted octanol–water partition coefficient (Wildman–Crippen LogP) is 4.87. The van der Waals surface area contributed by atoms with Crippen LogP contribution in [0.5, 0.6) is 0 Å². The first-order valence-electron chi connectivity index (χ1n) is 8.50. The number of carbonyl (C=O) groups excluding carboxylic acids is 2. The van der Waals surface area contributed by atoms with Gasteiger partial charge >= 0.3 is 0 Å². The summed E-state index contributed by atoms with van der Waals surface area (Å²) in [6.07, 6.45) is 2.94. The van der Waals surface area contributed by atoms with Crippen molar-refractivity contribution in [3.8, 4) is 0 Å². The van der Waals surface area contributed by atoms with E-state index in [1.165, 1.54) is 4.90 Å². The molecule has 1 aromatic heterocycles. The summed E-state index contributed by atoms with van der Waals surface area (Å²) in [5, 5.41) is 9.98. The fourth-order valence-corrected chi connectivity index (χ4v) is 3.16. The lowest BCUT2D eigenvalue weighted by Crippen LogP contribution is -2.32. The second-order valence-corrected chi connectivity index (χ2v) is 6.85. The van der Waals surface area contributed by atoms with E-state index in [4.69, 9.17) is 0 Å². The van der Waals surface area contributed by atoms with E-state index in [-0.39, 0.29) is 11.4 Å². The van der Waals surface area contributed by atoms with E-state index in [9.17, 15) is 14.7 Å². The largest absolute Gasteiger partial charge is 0.515 e. The zero-order valence-electron chi connectivity index (χ0n) is 14.8. The molecule has 0 saturated heterocycles. The maximum Gasteiger partial charge on any atom is 0.216 e. The van der Waals surface area contributed by atoms with Crippen molar-refractivity contribution in [1.29, 1.82) is 0 Å². The number of hydrogen-bond acceptors (Lipinski definition) is 4. The molecule has 1 N–H and O–H groups in total. The van der Waals surface area contributed by atoms with Crippen LogP contribution in [0.4, 0.5) is 5.82 Å². The van der Waals surface area contributed by atoms with Crippen LogP contribution >= 0.6 is 15.9 Å². The molecule has 0 aliphatic rings. The number of nitrogens with zero attached hydrogens (tertiary/aromatic N) is 2. The lowest BCUT2D eigenvalue weighted by atomic mass is 9.92. The molecular formula is C22H17BrN2O3. The van der Waals surface area contributed by atoms with Gasteiger partial charge in [-0.2, -0.15) is 0 Å². The number of halogens is 1. The van der Waals surface area contributed by atoms with E-state index in [2.05, 4.69) is 20.9 Å². The molecule has 0 aliphatic heterocycles. The number of anilines is 1. The maximum absolute atomic E-state index is 13.1. The molecule has 0 fully saturated rings. The molecule has 5 nitrogen and oxygen atoms in total. The molecule has 1 atom stereocenters. The van der Waals surface area contributed by atoms with Gasteiger partial charge in [0.15, 0.2) is 5.78 Å². The fourth-order valence-electron chi connectivity index (χ4n) is 2.90. The molecule has 2 aromatic carbocycles. The van der Waals surface area contributed by atoms with Crippen molar-refractivity contribution in [2.75, 3.05) is 4.90 Å². The molecule has 0 bridgehead atoms. The van der Waals surface area contributed by atoms with Crippen LogP contribution in [0.1, 0.15) is 22.0 Å². The minimum atomic E-state index is -0.838. The Labute approximate surface area is 171 Å². The Morgan fingerprint density at radius 1 is 1.00 bits per heavy atom. The molecule has 0 spiro atoms. The summed E-state index contributed by atoms with van der Waals surface area (Å²) in [5.74, 6) is -0.0130. The number of ketones is 1. The van der Waals surface area contributed by atoms with Crippen LogP contribution in [0.25, 0.3) is 0 Å². The highest BCUT2D eigenvalue weighted by Crippen LogP contribution is 2.32. The summed E-state index contributed by atoms with van der Waals surface area (Å²) < 4.78 is 0.834. The number of hydrogen-bond donors (Lipinski definition) is 1. The van der Waals surface area contributed by atoms with Crippen LogP contribution in [0.15, 0.2) is 95.3 Å². The summed E-state index contributed by atoms with van der Waals surface area (Å²) in [4.78, 5) is 30.7. The number of Topliss-reactive ketones (excluding diaryl/α,β-unsaturated/α-hetero) is 1. The van der Waals surface area contributed by atoms with Crippen LogP contribution in [0, 0.1) is 0 Å². The standard InChI is InChI=1S/C22H17BrN2O3/c23-18-11-9-17(10-12-18)22(28)19(14-26)21(16-6-2-1-3-7-16)25(15-27)20-8-4-5-13-24-20/h1-15,21,26H/b19-14-. The van der Waals surface area contributed by atoms with Gasteiger partial charge in [0.2, 0.25) is 6.41 Å². The van der Waals surface area contributed by atoms with Gasteiger partial charge in [0.05, 0.1) is 17.9 Å². The van der Waals surface area contributed by atoms with Gasteiger partial charge in [0, 0.05) is 16.2 Å². The van der Waals surface area contributed by atoms with Crippen molar-refractivity contribution < 1.29 is 14.7 Å². The fraction of sp³-hybridized carbons (Fsp3) is 0.0455. The lowest BCUT2D eigenvalue weighted by Gasteiger charge is -2.29. The highest BCUT2D eigenvalue weighted by molar-refractivity contribution is 9.10. The van der Waals surface area contributed by atoms with Gasteiger partial charge < -0.3 is 5.11 Å². The topological polar surface area (TPSA) is 70.5 Å². The lowest BCUT2D eigenvalue weighted by molar-refractivity contribution is -0.107. The minimum absolute atomic E-state index is 0.0614. The summed E-state index contributed by atoms with van der Waals surface area (Å²) in [5.41, 5.74) is 1.13. The third-order valence-electron chi connectivity index (χ3n) is 4.22. The van der Waals surface area contributed by atoms with Gasteiger partial charge in [-0.1, -0.05) is 52.3 Å². The molecular weight excluding hydrogens is 420 g/mol. The number of aromatic nitrogens is 1. The SMILES string of the molecule is O=CN(c1ccccn1)C(/C(=C/O)C(=O)c1ccc(Br)cc1)c1ccccc1. The Morgan fingerprint density at radius 3 is 2.25 bits per heavy atom. The van der Waals surface area contributed by atoms with Gasteiger partial charge in [-0.05, 0) is 42.0 Å². The number of aliphatic hydroxyl groups is 1. The van der Waals surface area contributed by atoms with Crippen molar-refractivity contribution in [2.45, 2.75) is 6.04 Å². The number of pyridine rings is 1. The third kappa shape index (κ3) is 4.18. The zero-order valence-corrected chi connectivity index (χ0v) is 16.4. The van der Waals surface area contributed by atoms with E-state index < -0.39 is 6.04 Å². The van der Waals surface area contributed by atoms with E-state index in [1.807, 2.05) is 18.2 Å². The number of benzene rings is 2. The van der Waals surface area contributed by atoms with Crippen LogP contribution in [0.2, 0.25) is 0 Å². The van der Waals surface area contributed by atoms with Crippen molar-refractivity contribution in [2.24, 2.45) is 0 Å². The van der Waals surface area contributed by atoms with Crippen molar-refractivity contribution in [1.82, 2.24) is 4.98 Å². The van der Waals surface area contributed by atoms with Gasteiger partial charge in [0.25, 0.3) is 0 Å². The van der Waals surface area contributed by atoms with Gasteiger partial charge in [0.1, 0.15) is 5.82 Å². The minimum Gasteiger partial charge on any atom is -0.515 e. The first-order chi connectivity index (χ1) is 13.7. The van der Waals surface area contributed by atoms with Crippen LogP contribution in [-0.2, 0) is 4.79 Å². The smallest absolute Gasteiger partial charge is 0.216 e. The van der Waals surface area contributed by atoms with Crippen LogP contribution in [0.3, 0.4) is 0 Å². The molecule has 0 radical (unpaired) electrons. The molecule has 6 heteroatoms. The Balaban J connectivity index is 2.10. The number of rotatable bonds is 7. The Kier molecular flexibility index (Phi) is 6.34. The maximum atomic E-state index is 13.1. The first kappa shape index (κ1) is 19.5. The van der Waals surface area contributed by atoms with Crippen LogP contribution < -0.4 is 4.90 Å². The van der Waals surface area contributed by atoms with E-state index in [1.54, 1.807) is 60.8 Å². The van der Waals surface area contributed by atoms with Gasteiger partial charge in [-0.25, -0.2) is 4.98 Å². The number of amides is 1. The number of carbonyl (C=O) groups is 2.